The van der Waals surface area contributed by atoms with Crippen molar-refractivity contribution in [3.63, 3.8) is 0 Å². The molecule has 0 atom stereocenters. The van der Waals surface area contributed by atoms with Gasteiger partial charge in [-0.3, -0.25) is 4.79 Å². The number of hydrogen-bond donors (Lipinski definition) is 0. The summed E-state index contributed by atoms with van der Waals surface area (Å²) in [5.74, 6) is 0.871. The van der Waals surface area contributed by atoms with Gasteiger partial charge in [0.05, 0.1) is 6.54 Å². The van der Waals surface area contributed by atoms with Crippen LogP contribution in [-0.2, 0) is 12.0 Å². The van der Waals surface area contributed by atoms with Crippen molar-refractivity contribution >= 4 is 11.6 Å². The van der Waals surface area contributed by atoms with Gasteiger partial charge in [-0.25, -0.2) is 4.68 Å². The lowest BCUT2D eigenvalue weighted by Crippen LogP contribution is -2.23. The Labute approximate surface area is 144 Å². The van der Waals surface area contributed by atoms with E-state index in [9.17, 15) is 4.79 Å². The molecule has 0 saturated heterocycles. The number of aromatic nitrogens is 4. The van der Waals surface area contributed by atoms with Gasteiger partial charge in [-0.2, -0.15) is 10.1 Å². The minimum Gasteiger partial charge on any atom is -0.332 e. The predicted octanol–water partition coefficient (Wildman–Crippen LogP) is 3.29. The molecule has 0 bridgehead atoms. The molecule has 0 N–H and O–H groups in total. The SMILES string of the molecule is CC(C)(C)c1noc(-c2ccc(=O)n(Cc3ccccc3Cl)n2)n1. The van der Waals surface area contributed by atoms with Crippen molar-refractivity contribution in [2.75, 3.05) is 0 Å². The molecule has 0 radical (unpaired) electrons. The van der Waals surface area contributed by atoms with Crippen LogP contribution in [0.3, 0.4) is 0 Å². The van der Waals surface area contributed by atoms with Gasteiger partial charge in [0, 0.05) is 16.5 Å². The van der Waals surface area contributed by atoms with Gasteiger partial charge < -0.3 is 4.52 Å². The highest BCUT2D eigenvalue weighted by Gasteiger charge is 2.22. The zero-order valence-corrected chi connectivity index (χ0v) is 14.4. The maximum Gasteiger partial charge on any atom is 0.278 e. The van der Waals surface area contributed by atoms with Crippen LogP contribution in [0.1, 0.15) is 32.2 Å². The van der Waals surface area contributed by atoms with Gasteiger partial charge in [-0.15, -0.1) is 0 Å². The van der Waals surface area contributed by atoms with Crippen molar-refractivity contribution < 1.29 is 4.52 Å². The molecule has 124 valence electrons. The van der Waals surface area contributed by atoms with E-state index >= 15 is 0 Å². The lowest BCUT2D eigenvalue weighted by Gasteiger charge is -2.10. The lowest BCUT2D eigenvalue weighted by atomic mass is 9.96. The van der Waals surface area contributed by atoms with Gasteiger partial charge in [0.15, 0.2) is 5.82 Å². The minimum atomic E-state index is -0.228. The van der Waals surface area contributed by atoms with E-state index in [4.69, 9.17) is 16.1 Å². The zero-order valence-electron chi connectivity index (χ0n) is 13.7. The molecular formula is C17H17ClN4O2. The van der Waals surface area contributed by atoms with E-state index in [1.54, 1.807) is 12.1 Å². The summed E-state index contributed by atoms with van der Waals surface area (Å²) < 4.78 is 6.61. The van der Waals surface area contributed by atoms with Crippen LogP contribution >= 0.6 is 11.6 Å². The van der Waals surface area contributed by atoms with E-state index in [0.29, 0.717) is 16.5 Å². The van der Waals surface area contributed by atoms with Crippen molar-refractivity contribution in [1.82, 2.24) is 19.9 Å². The van der Waals surface area contributed by atoms with Crippen molar-refractivity contribution in [2.24, 2.45) is 0 Å². The third kappa shape index (κ3) is 3.38. The first-order valence-corrected chi connectivity index (χ1v) is 7.88. The normalized spacial score (nSPS) is 11.7. The van der Waals surface area contributed by atoms with Crippen LogP contribution in [0.25, 0.3) is 11.6 Å². The Bertz CT molecular complexity index is 925. The first-order chi connectivity index (χ1) is 11.3. The van der Waals surface area contributed by atoms with Gasteiger partial charge >= 0.3 is 0 Å². The molecule has 1 aromatic carbocycles. The number of nitrogens with zero attached hydrogens (tertiary/aromatic N) is 4. The first kappa shape index (κ1) is 16.4. The first-order valence-electron chi connectivity index (χ1n) is 7.51. The summed E-state index contributed by atoms with van der Waals surface area (Å²) in [6.45, 7) is 6.25. The molecule has 2 heterocycles. The highest BCUT2D eigenvalue weighted by atomic mass is 35.5. The number of benzene rings is 1. The molecule has 7 heteroatoms. The standard InChI is InChI=1S/C17H17ClN4O2/c1-17(2,3)16-19-15(24-21-16)13-8-9-14(23)22(20-13)10-11-6-4-5-7-12(11)18/h4-9H,10H2,1-3H3. The highest BCUT2D eigenvalue weighted by molar-refractivity contribution is 6.31. The second kappa shape index (κ2) is 6.20. The predicted molar refractivity (Wildman–Crippen MR) is 91.0 cm³/mol. The number of rotatable bonds is 3. The van der Waals surface area contributed by atoms with E-state index in [1.165, 1.54) is 10.7 Å². The molecule has 0 saturated carbocycles. The lowest BCUT2D eigenvalue weighted by molar-refractivity contribution is 0.400. The Hall–Kier alpha value is -2.47. The summed E-state index contributed by atoms with van der Waals surface area (Å²) in [6, 6.07) is 10.3. The summed E-state index contributed by atoms with van der Waals surface area (Å²) in [5.41, 5.74) is 0.805. The van der Waals surface area contributed by atoms with Crippen LogP contribution in [0, 0.1) is 0 Å². The van der Waals surface area contributed by atoms with Gasteiger partial charge in [-0.05, 0) is 17.7 Å². The Balaban J connectivity index is 1.96. The molecule has 24 heavy (non-hydrogen) atoms. The fourth-order valence-electron chi connectivity index (χ4n) is 2.10. The summed E-state index contributed by atoms with van der Waals surface area (Å²) in [6.07, 6.45) is 0. The van der Waals surface area contributed by atoms with Crippen LogP contribution < -0.4 is 5.56 Å². The molecule has 0 aliphatic heterocycles. The van der Waals surface area contributed by atoms with E-state index in [1.807, 2.05) is 39.0 Å². The third-order valence-electron chi connectivity index (χ3n) is 3.46. The summed E-state index contributed by atoms with van der Waals surface area (Å²) in [4.78, 5) is 16.4. The fourth-order valence-corrected chi connectivity index (χ4v) is 2.29. The average molecular weight is 345 g/mol. The van der Waals surface area contributed by atoms with Gasteiger partial charge in [0.2, 0.25) is 0 Å². The Morgan fingerprint density at radius 1 is 1.17 bits per heavy atom. The molecule has 0 spiro atoms. The molecule has 0 unspecified atom stereocenters. The zero-order chi connectivity index (χ0) is 17.3. The van der Waals surface area contributed by atoms with Crippen LogP contribution in [-0.4, -0.2) is 19.9 Å². The average Bonchev–Trinajstić information content (AvgIpc) is 3.02. The van der Waals surface area contributed by atoms with Crippen LogP contribution in [0.4, 0.5) is 0 Å². The van der Waals surface area contributed by atoms with E-state index in [2.05, 4.69) is 15.2 Å². The van der Waals surface area contributed by atoms with Crippen molar-refractivity contribution in [2.45, 2.75) is 32.7 Å². The van der Waals surface area contributed by atoms with Crippen molar-refractivity contribution in [3.8, 4) is 11.6 Å². The highest BCUT2D eigenvalue weighted by Crippen LogP contribution is 2.22. The maximum absolute atomic E-state index is 12.1. The molecule has 0 aliphatic rings. The molecule has 6 nitrogen and oxygen atoms in total. The molecule has 3 aromatic rings. The Morgan fingerprint density at radius 2 is 1.92 bits per heavy atom. The van der Waals surface area contributed by atoms with Crippen LogP contribution in [0.2, 0.25) is 5.02 Å². The minimum absolute atomic E-state index is 0.228. The topological polar surface area (TPSA) is 73.8 Å². The van der Waals surface area contributed by atoms with Gasteiger partial charge in [-0.1, -0.05) is 55.7 Å². The molecule has 2 aromatic heterocycles. The van der Waals surface area contributed by atoms with Crippen molar-refractivity contribution in [3.05, 3.63) is 63.2 Å². The van der Waals surface area contributed by atoms with Crippen molar-refractivity contribution in [1.29, 1.82) is 0 Å². The second-order valence-electron chi connectivity index (χ2n) is 6.48. The largest absolute Gasteiger partial charge is 0.332 e. The van der Waals surface area contributed by atoms with Gasteiger partial charge in [0.25, 0.3) is 11.4 Å². The molecule has 0 fully saturated rings. The number of hydrogen-bond acceptors (Lipinski definition) is 5. The molecule has 3 rings (SSSR count). The quantitative estimate of drug-likeness (QED) is 0.728. The smallest absolute Gasteiger partial charge is 0.278 e. The molecular weight excluding hydrogens is 328 g/mol. The summed E-state index contributed by atoms with van der Waals surface area (Å²) in [5, 5.41) is 8.89. The summed E-state index contributed by atoms with van der Waals surface area (Å²) >= 11 is 6.15. The monoisotopic (exact) mass is 344 g/mol. The van der Waals surface area contributed by atoms with Gasteiger partial charge in [0.1, 0.15) is 5.69 Å². The number of halogens is 1. The van der Waals surface area contributed by atoms with E-state index in [0.717, 1.165) is 5.56 Å². The maximum atomic E-state index is 12.1. The molecule has 0 aliphatic carbocycles. The van der Waals surface area contributed by atoms with Crippen LogP contribution in [0.15, 0.2) is 45.7 Å². The summed E-state index contributed by atoms with van der Waals surface area (Å²) in [7, 11) is 0. The molecule has 0 amide bonds. The fraction of sp³-hybridized carbons (Fsp3) is 0.294. The Morgan fingerprint density at radius 3 is 2.58 bits per heavy atom. The van der Waals surface area contributed by atoms with E-state index in [-0.39, 0.29) is 23.4 Å². The third-order valence-corrected chi connectivity index (χ3v) is 3.83. The Kier molecular flexibility index (Phi) is 4.24. The van der Waals surface area contributed by atoms with E-state index < -0.39 is 0 Å². The van der Waals surface area contributed by atoms with Crippen LogP contribution in [0.5, 0.6) is 0 Å². The second-order valence-corrected chi connectivity index (χ2v) is 6.89.